The molecule has 4 heterocycles. The van der Waals surface area contributed by atoms with Crippen molar-refractivity contribution in [2.45, 2.75) is 165 Å². The summed E-state index contributed by atoms with van der Waals surface area (Å²) >= 11 is 0. The minimum absolute atomic E-state index is 0. The molecule has 2 unspecified atom stereocenters. The van der Waals surface area contributed by atoms with Crippen LogP contribution in [0.2, 0.25) is 0 Å². The first-order chi connectivity index (χ1) is 27.3. The molecule has 8 atom stereocenters. The number of hydrogen-bond donors (Lipinski definition) is 0. The van der Waals surface area contributed by atoms with Gasteiger partial charge in [0.05, 0.1) is 35.5 Å². The van der Waals surface area contributed by atoms with Gasteiger partial charge >= 0.3 is 18.1 Å². The van der Waals surface area contributed by atoms with Crippen molar-refractivity contribution in [2.75, 3.05) is 0 Å². The van der Waals surface area contributed by atoms with Gasteiger partial charge in [-0.25, -0.2) is 9.59 Å². The Labute approximate surface area is 359 Å². The molecule has 60 heavy (non-hydrogen) atoms. The summed E-state index contributed by atoms with van der Waals surface area (Å²) < 4.78 is 36.0. The van der Waals surface area contributed by atoms with Crippen LogP contribution in [0.25, 0.3) is 12.2 Å². The van der Waals surface area contributed by atoms with Crippen molar-refractivity contribution >= 4 is 30.2 Å². The normalized spacial score (nSPS) is 29.2. The molecule has 6 rings (SSSR count). The maximum absolute atomic E-state index is 12.8. The molecule has 2 saturated heterocycles. The third-order valence-corrected chi connectivity index (χ3v) is 10.4. The van der Waals surface area contributed by atoms with Crippen LogP contribution in [0.15, 0.2) is 66.8 Å². The van der Waals surface area contributed by atoms with Gasteiger partial charge in [-0.15, -0.1) is 0 Å². The molecule has 0 bridgehead atoms. The van der Waals surface area contributed by atoms with Crippen molar-refractivity contribution in [1.29, 1.82) is 0 Å². The second-order valence-corrected chi connectivity index (χ2v) is 16.8. The molecule has 0 saturated carbocycles. The Morgan fingerprint density at radius 2 is 1.03 bits per heavy atom. The number of rotatable bonds is 0. The Hall–Kier alpha value is -4.44. The zero-order valence-electron chi connectivity index (χ0n) is 36.0. The fourth-order valence-electron chi connectivity index (χ4n) is 7.83. The molecule has 10 heteroatoms. The molecule has 0 aromatic heterocycles. The van der Waals surface area contributed by atoms with Crippen molar-refractivity contribution in [3.63, 3.8) is 0 Å². The number of ether oxygens (including phenoxy) is 6. The summed E-state index contributed by atoms with van der Waals surface area (Å²) in [5.41, 5.74) is 6.18. The molecule has 2 aromatic carbocycles. The molecule has 0 amide bonds. The number of hydrogen-bond acceptors (Lipinski definition) is 10. The molecule has 4 aliphatic heterocycles. The maximum atomic E-state index is 12.8. The van der Waals surface area contributed by atoms with E-state index in [1.165, 1.54) is 0 Å². The lowest BCUT2D eigenvalue weighted by Crippen LogP contribution is -2.28. The van der Waals surface area contributed by atoms with Crippen molar-refractivity contribution in [1.82, 2.24) is 0 Å². The third-order valence-electron chi connectivity index (χ3n) is 10.4. The van der Waals surface area contributed by atoms with E-state index in [1.54, 1.807) is 0 Å². The fourth-order valence-corrected chi connectivity index (χ4v) is 7.83. The first-order valence-electron chi connectivity index (χ1n) is 20.3. The van der Waals surface area contributed by atoms with Crippen molar-refractivity contribution in [3.8, 4) is 0 Å². The molecule has 2 fully saturated rings. The Kier molecular flexibility index (Phi) is 19.8. The standard InChI is InChI=1S/C24H32O4.C23H30O4.CO2.2CH4/c1-15-13-17(3)21-19(14-15)11-8-12-20-22(28-24(5,6)27-20)16(2)9-7-10-18(4)26-23(21)25;1-15-12-13-19-18(14-15)10-7-11-20-21(27-23(4,5)26-20)16(2)8-6-9-17(3)25-22(19)24;2-1-3;;/h7-9,11,13-14,16,18,20,22H,10,12H2,1-6H3;6-8,10,12-14,16-17,20-21H,9,11H2,1-5H3;;2*1H4/b9-7-,11-8?;8-6-,10-7?;;;/t16?,18-,20-,22+;16?,17-,20-,21+;;;/m00.../s1. The van der Waals surface area contributed by atoms with Crippen LogP contribution in [-0.2, 0) is 38.0 Å². The zero-order valence-corrected chi connectivity index (χ0v) is 36.0. The smallest absolute Gasteiger partial charge is 0.373 e. The van der Waals surface area contributed by atoms with Crippen molar-refractivity contribution in [2.24, 2.45) is 11.8 Å². The molecule has 0 aliphatic carbocycles. The van der Waals surface area contributed by atoms with Crippen molar-refractivity contribution < 1.29 is 47.6 Å². The summed E-state index contributed by atoms with van der Waals surface area (Å²) in [6.45, 7) is 22.0. The predicted molar refractivity (Wildman–Crippen MR) is 236 cm³/mol. The second-order valence-electron chi connectivity index (χ2n) is 16.8. The Morgan fingerprint density at radius 3 is 1.53 bits per heavy atom. The first kappa shape index (κ1) is 51.7. The van der Waals surface area contributed by atoms with Crippen LogP contribution < -0.4 is 0 Å². The summed E-state index contributed by atoms with van der Waals surface area (Å²) in [7, 11) is 0. The lowest BCUT2D eigenvalue weighted by atomic mass is 9.95. The van der Waals surface area contributed by atoms with E-state index < -0.39 is 11.6 Å². The SMILES string of the molecule is C.C.Cc1cc(C)c2c(c1)C=CC[C@@H]1OC(C)(C)O[C@@H]1C(C)/C=C\C[C@H](C)OC2=O.Cc1ccc2c(c1)C=CC[C@@H]1OC(C)(C)O[C@@H]1C(C)/C=C\C[C@H](C)OC2=O.O=C=O. The van der Waals surface area contributed by atoms with Gasteiger partial charge in [0.25, 0.3) is 0 Å². The van der Waals surface area contributed by atoms with Gasteiger partial charge in [0.1, 0.15) is 12.2 Å². The maximum Gasteiger partial charge on any atom is 0.373 e. The highest BCUT2D eigenvalue weighted by Crippen LogP contribution is 2.36. The van der Waals surface area contributed by atoms with Crippen LogP contribution >= 0.6 is 0 Å². The highest BCUT2D eigenvalue weighted by atomic mass is 16.8. The topological polar surface area (TPSA) is 124 Å². The number of benzene rings is 2. The summed E-state index contributed by atoms with van der Waals surface area (Å²) in [6, 6.07) is 9.85. The first-order valence-corrected chi connectivity index (χ1v) is 20.3. The lowest BCUT2D eigenvalue weighted by Gasteiger charge is -2.21. The summed E-state index contributed by atoms with van der Waals surface area (Å²) in [6.07, 6.45) is 19.2. The molecule has 0 N–H and O–H groups in total. The molecule has 330 valence electrons. The van der Waals surface area contributed by atoms with Crippen molar-refractivity contribution in [3.05, 3.63) is 106 Å². The van der Waals surface area contributed by atoms with E-state index in [1.807, 2.05) is 105 Å². The number of fused-ring (bicyclic) bond motifs is 4. The van der Waals surface area contributed by atoms with E-state index in [-0.39, 0.29) is 81.4 Å². The third kappa shape index (κ3) is 14.6. The van der Waals surface area contributed by atoms with E-state index in [0.29, 0.717) is 24.0 Å². The van der Waals surface area contributed by atoms with Gasteiger partial charge in [0.2, 0.25) is 0 Å². The number of esters is 2. The van der Waals surface area contributed by atoms with Gasteiger partial charge in [0.15, 0.2) is 11.6 Å². The average Bonchev–Trinajstić information content (AvgIpc) is 3.61. The van der Waals surface area contributed by atoms with Gasteiger partial charge < -0.3 is 28.4 Å². The summed E-state index contributed by atoms with van der Waals surface area (Å²) in [4.78, 5) is 41.7. The van der Waals surface area contributed by atoms with Crippen LogP contribution in [0.5, 0.6) is 0 Å². The Balaban J connectivity index is 0.000000376. The zero-order chi connectivity index (χ0) is 42.8. The number of carbonyl (C=O) groups excluding carboxylic acids is 4. The highest BCUT2D eigenvalue weighted by molar-refractivity contribution is 5.95. The highest BCUT2D eigenvalue weighted by Gasteiger charge is 2.43. The quantitative estimate of drug-likeness (QED) is 0.187. The Morgan fingerprint density at radius 1 is 0.583 bits per heavy atom. The van der Waals surface area contributed by atoms with E-state index in [9.17, 15) is 9.59 Å². The van der Waals surface area contributed by atoms with E-state index >= 15 is 0 Å². The fraction of sp³-hybridized carbons (Fsp3) is 0.540. The lowest BCUT2D eigenvalue weighted by molar-refractivity contribution is -0.191. The van der Waals surface area contributed by atoms with Crippen LogP contribution in [-0.4, -0.2) is 66.3 Å². The molecule has 0 radical (unpaired) electrons. The average molecular weight is 831 g/mol. The van der Waals surface area contributed by atoms with Crippen LogP contribution in [0.1, 0.15) is 144 Å². The minimum Gasteiger partial charge on any atom is -0.459 e. The van der Waals surface area contributed by atoms with Gasteiger partial charge in [-0.2, -0.15) is 9.59 Å². The molecule has 2 aromatic rings. The molecule has 0 spiro atoms. The van der Waals surface area contributed by atoms with Gasteiger partial charge in [0, 0.05) is 24.7 Å². The van der Waals surface area contributed by atoms with Crippen LogP contribution in [0, 0.1) is 32.6 Å². The van der Waals surface area contributed by atoms with Gasteiger partial charge in [-0.1, -0.05) is 113 Å². The van der Waals surface area contributed by atoms with E-state index in [0.717, 1.165) is 40.7 Å². The molecular formula is C50H70O10. The Bertz CT molecular complexity index is 1900. The second kappa shape index (κ2) is 23.0. The van der Waals surface area contributed by atoms with E-state index in [4.69, 9.17) is 38.0 Å². The van der Waals surface area contributed by atoms with Crippen LogP contribution in [0.4, 0.5) is 0 Å². The predicted octanol–water partition coefficient (Wildman–Crippen LogP) is 11.1. The molecular weight excluding hydrogens is 761 g/mol. The molecule has 4 aliphatic rings. The van der Waals surface area contributed by atoms with Gasteiger partial charge in [-0.3, -0.25) is 0 Å². The largest absolute Gasteiger partial charge is 0.459 e. The molecule has 10 nitrogen and oxygen atoms in total. The minimum atomic E-state index is -0.587. The monoisotopic (exact) mass is 830 g/mol. The number of carbonyl (C=O) groups is 2. The summed E-state index contributed by atoms with van der Waals surface area (Å²) in [5.74, 6) is -1.28. The van der Waals surface area contributed by atoms with E-state index in [2.05, 4.69) is 50.3 Å². The van der Waals surface area contributed by atoms with Crippen LogP contribution in [0.3, 0.4) is 0 Å². The summed E-state index contributed by atoms with van der Waals surface area (Å²) in [5, 5.41) is 0. The number of cyclic esters (lactones) is 2. The van der Waals surface area contributed by atoms with Gasteiger partial charge in [-0.05, 0) is 97.9 Å². The number of aryl methyl sites for hydroxylation is 3.